The number of aliphatic hydroxyl groups is 1. The Morgan fingerprint density at radius 3 is 2.27 bits per heavy atom. The van der Waals surface area contributed by atoms with Gasteiger partial charge in [0.05, 0.1) is 25.9 Å². The first-order valence-electron chi connectivity index (χ1n) is 12.1. The summed E-state index contributed by atoms with van der Waals surface area (Å²) in [6.45, 7) is 13.6. The van der Waals surface area contributed by atoms with Crippen LogP contribution >= 0.6 is 0 Å². The Morgan fingerprint density at radius 1 is 1.09 bits per heavy atom. The van der Waals surface area contributed by atoms with Gasteiger partial charge in [-0.2, -0.15) is 0 Å². The third-order valence-electron chi connectivity index (χ3n) is 7.37. The molecule has 0 radical (unpaired) electrons. The number of β-amino-alcohol motifs (C(OH)–C–C–N with tert-alkyl or cyclic N) is 1. The summed E-state index contributed by atoms with van der Waals surface area (Å²) in [7, 11) is 0. The van der Waals surface area contributed by atoms with E-state index in [1.54, 1.807) is 11.2 Å². The molecule has 2 unspecified atom stereocenters. The van der Waals surface area contributed by atoms with E-state index in [0.29, 0.717) is 12.3 Å². The Morgan fingerprint density at radius 2 is 1.76 bits per heavy atom. The van der Waals surface area contributed by atoms with Gasteiger partial charge >= 0.3 is 0 Å². The molecule has 3 fully saturated rings. The molecular weight excluding hydrogens is 420 g/mol. The predicted octanol–water partition coefficient (Wildman–Crippen LogP) is 2.16. The normalized spacial score (nSPS) is 27.5. The lowest BCUT2D eigenvalue weighted by Gasteiger charge is -2.54. The van der Waals surface area contributed by atoms with Gasteiger partial charge in [-0.3, -0.25) is 9.59 Å². The molecule has 0 saturated carbocycles. The minimum absolute atomic E-state index is 0.0361. The summed E-state index contributed by atoms with van der Waals surface area (Å²) in [5, 5.41) is 10.9. The third kappa shape index (κ3) is 4.39. The van der Waals surface area contributed by atoms with E-state index in [-0.39, 0.29) is 42.1 Å². The Labute approximate surface area is 196 Å². The lowest BCUT2D eigenvalue weighted by Crippen LogP contribution is -2.64. The molecule has 33 heavy (non-hydrogen) atoms. The van der Waals surface area contributed by atoms with Gasteiger partial charge in [-0.25, -0.2) is 4.57 Å². The molecule has 3 saturated heterocycles. The molecule has 1 spiro atoms. The van der Waals surface area contributed by atoms with Crippen molar-refractivity contribution >= 4 is 11.8 Å². The molecule has 0 aromatic carbocycles. The number of rotatable bonds is 2. The maximum atomic E-state index is 12.9. The van der Waals surface area contributed by atoms with E-state index in [4.69, 9.17) is 4.74 Å². The number of ether oxygens (including phenoxy) is 1. The van der Waals surface area contributed by atoms with Crippen LogP contribution in [-0.4, -0.2) is 63.5 Å². The van der Waals surface area contributed by atoms with Crippen LogP contribution < -0.4 is 4.57 Å². The zero-order chi connectivity index (χ0) is 24.2. The smallest absolute Gasteiger partial charge is 0.288 e. The summed E-state index contributed by atoms with van der Waals surface area (Å²) in [6, 6.07) is 1.82. The molecule has 0 aliphatic carbocycles. The zero-order valence-electron chi connectivity index (χ0n) is 20.9. The second-order valence-electron chi connectivity index (χ2n) is 12.1. The largest absolute Gasteiger partial charge is 0.377 e. The highest BCUT2D eigenvalue weighted by molar-refractivity contribution is 5.83. The number of carbonyl (C=O) groups is 2. The molecule has 0 bridgehead atoms. The number of nitrogens with zero attached hydrogens (tertiary/aromatic N) is 4. The summed E-state index contributed by atoms with van der Waals surface area (Å²) in [5.74, 6) is 0.257. The van der Waals surface area contributed by atoms with E-state index in [1.165, 1.54) is 0 Å². The molecule has 2 amide bonds. The topological polar surface area (TPSA) is 86.9 Å². The fourth-order valence-electron chi connectivity index (χ4n) is 5.18. The van der Waals surface area contributed by atoms with Gasteiger partial charge in [0.15, 0.2) is 11.3 Å². The van der Waals surface area contributed by atoms with Crippen LogP contribution in [-0.2, 0) is 19.9 Å². The maximum absolute atomic E-state index is 12.9. The number of aromatic nitrogens is 2. The van der Waals surface area contributed by atoms with E-state index in [9.17, 15) is 14.7 Å². The summed E-state index contributed by atoms with van der Waals surface area (Å²) < 4.78 is 8.10. The number of amides is 2. The average molecular weight is 460 g/mol. The van der Waals surface area contributed by atoms with Crippen molar-refractivity contribution in [3.8, 4) is 0 Å². The van der Waals surface area contributed by atoms with Crippen molar-refractivity contribution in [2.75, 3.05) is 26.2 Å². The van der Waals surface area contributed by atoms with E-state index in [1.807, 2.05) is 58.4 Å². The number of likely N-dealkylation sites (tertiary alicyclic amines) is 2. The monoisotopic (exact) mass is 459 g/mol. The minimum atomic E-state index is -1.10. The van der Waals surface area contributed by atoms with Gasteiger partial charge in [0.1, 0.15) is 0 Å². The highest BCUT2D eigenvalue weighted by Gasteiger charge is 2.52. The Kier molecular flexibility index (Phi) is 5.85. The van der Waals surface area contributed by atoms with Crippen LogP contribution in [0.15, 0.2) is 18.6 Å². The Hall–Kier alpha value is -2.06. The highest BCUT2D eigenvalue weighted by Crippen LogP contribution is 2.43. The fourth-order valence-corrected chi connectivity index (χ4v) is 5.18. The van der Waals surface area contributed by atoms with Gasteiger partial charge in [0, 0.05) is 35.4 Å². The van der Waals surface area contributed by atoms with Gasteiger partial charge in [0.25, 0.3) is 6.33 Å². The van der Waals surface area contributed by atoms with Crippen LogP contribution in [0.4, 0.5) is 0 Å². The highest BCUT2D eigenvalue weighted by atomic mass is 16.5. The van der Waals surface area contributed by atoms with Gasteiger partial charge in [-0.15, -0.1) is 0 Å². The molecule has 3 aliphatic heterocycles. The van der Waals surface area contributed by atoms with Crippen molar-refractivity contribution in [3.05, 3.63) is 24.3 Å². The summed E-state index contributed by atoms with van der Waals surface area (Å²) in [5.41, 5.74) is -1.45. The molecule has 182 valence electrons. The number of hydrogen-bond donors (Lipinski definition) is 1. The number of hydrogen-bond acceptors (Lipinski definition) is 5. The van der Waals surface area contributed by atoms with Crippen molar-refractivity contribution in [2.24, 2.45) is 10.8 Å². The van der Waals surface area contributed by atoms with E-state index >= 15 is 0 Å². The van der Waals surface area contributed by atoms with Crippen LogP contribution in [0.5, 0.6) is 0 Å². The molecule has 1 aromatic heterocycles. The van der Waals surface area contributed by atoms with Crippen LogP contribution in [0, 0.1) is 10.8 Å². The van der Waals surface area contributed by atoms with Crippen molar-refractivity contribution in [3.63, 3.8) is 0 Å². The quantitative estimate of drug-likeness (QED) is 0.685. The van der Waals surface area contributed by atoms with E-state index in [2.05, 4.69) is 9.88 Å². The van der Waals surface area contributed by atoms with E-state index in [0.717, 1.165) is 32.2 Å². The van der Waals surface area contributed by atoms with Crippen molar-refractivity contribution in [2.45, 2.75) is 84.6 Å². The van der Waals surface area contributed by atoms with Crippen LogP contribution in [0.1, 0.15) is 79.1 Å². The molecule has 2 atom stereocenters. The van der Waals surface area contributed by atoms with Gasteiger partial charge in [-0.1, -0.05) is 46.5 Å². The molecule has 1 N–H and O–H groups in total. The maximum Gasteiger partial charge on any atom is 0.288 e. The van der Waals surface area contributed by atoms with Gasteiger partial charge in [-0.05, 0) is 19.3 Å². The molecule has 3 aliphatic rings. The third-order valence-corrected chi connectivity index (χ3v) is 7.37. The lowest BCUT2D eigenvalue weighted by molar-refractivity contribution is -0.765. The average Bonchev–Trinajstić information content (AvgIpc) is 2.93. The fraction of sp³-hybridized carbons (Fsp3) is 0.760. The summed E-state index contributed by atoms with van der Waals surface area (Å²) in [4.78, 5) is 33.6. The first-order valence-corrected chi connectivity index (χ1v) is 12.1. The van der Waals surface area contributed by atoms with Crippen molar-refractivity contribution in [1.29, 1.82) is 0 Å². The molecule has 8 heteroatoms. The first-order chi connectivity index (χ1) is 15.3. The molecule has 4 rings (SSSR count). The summed E-state index contributed by atoms with van der Waals surface area (Å²) in [6.07, 6.45) is 7.06. The SMILES string of the molecule is CC(C)(C)C(=O)N1CC(O)(c2cc[n+](C3CCC4(CCO3)CCN4C(=O)C(C)(C)C)cn2)C1. The van der Waals surface area contributed by atoms with Gasteiger partial charge < -0.3 is 19.6 Å². The Balaban J connectivity index is 1.39. The lowest BCUT2D eigenvalue weighted by atomic mass is 9.76. The van der Waals surface area contributed by atoms with Crippen molar-refractivity contribution in [1.82, 2.24) is 14.8 Å². The standard InChI is InChI=1S/C25H39N4O4/c1-22(2,3)20(30)28-15-25(32,16-28)18-8-12-27(17-26-18)19-7-9-24(11-14-33-19)10-13-29(24)21(31)23(4,5)6/h8,12,17,19,32H,7,9-11,13-16H2,1-6H3/q+1. The second-order valence-corrected chi connectivity index (χ2v) is 12.1. The predicted molar refractivity (Wildman–Crippen MR) is 122 cm³/mol. The van der Waals surface area contributed by atoms with E-state index < -0.39 is 11.0 Å². The summed E-state index contributed by atoms with van der Waals surface area (Å²) >= 11 is 0. The molecule has 8 nitrogen and oxygen atoms in total. The zero-order valence-corrected chi connectivity index (χ0v) is 20.9. The molecule has 4 heterocycles. The minimum Gasteiger partial charge on any atom is -0.377 e. The molecule has 1 aromatic rings. The molecular formula is C25H39N4O4+. The van der Waals surface area contributed by atoms with Gasteiger partial charge in [0.2, 0.25) is 18.0 Å². The van der Waals surface area contributed by atoms with Crippen molar-refractivity contribution < 1.29 is 24.0 Å². The van der Waals surface area contributed by atoms with Crippen LogP contribution in [0.25, 0.3) is 0 Å². The van der Waals surface area contributed by atoms with Crippen LogP contribution in [0.2, 0.25) is 0 Å². The first kappa shape index (κ1) is 24.1. The Bertz CT molecular complexity index is 912. The number of carbonyl (C=O) groups excluding carboxylic acids is 2. The van der Waals surface area contributed by atoms with Crippen LogP contribution in [0.3, 0.4) is 0 Å². The second kappa shape index (κ2) is 8.01.